The quantitative estimate of drug-likeness (QED) is 0.737. The monoisotopic (exact) mass is 278 g/mol. The van der Waals surface area contributed by atoms with Crippen LogP contribution in [-0.2, 0) is 12.8 Å². The van der Waals surface area contributed by atoms with Crippen molar-refractivity contribution in [2.24, 2.45) is 0 Å². The number of rotatable bonds is 4. The summed E-state index contributed by atoms with van der Waals surface area (Å²) in [5.41, 5.74) is 0.741. The van der Waals surface area contributed by atoms with Gasteiger partial charge in [-0.3, -0.25) is 0 Å². The highest BCUT2D eigenvalue weighted by Gasteiger charge is 2.07. The van der Waals surface area contributed by atoms with E-state index in [9.17, 15) is 0 Å². The highest BCUT2D eigenvalue weighted by atomic mass is 35.5. The van der Waals surface area contributed by atoms with Gasteiger partial charge in [-0.25, -0.2) is 0 Å². The van der Waals surface area contributed by atoms with Gasteiger partial charge in [0.05, 0.1) is 0 Å². The van der Waals surface area contributed by atoms with Crippen molar-refractivity contribution in [3.63, 3.8) is 0 Å². The van der Waals surface area contributed by atoms with Gasteiger partial charge in [-0.1, -0.05) is 17.7 Å². The van der Waals surface area contributed by atoms with E-state index in [1.54, 1.807) is 21.9 Å². The Morgan fingerprint density at radius 3 is 2.94 bits per heavy atom. The first kappa shape index (κ1) is 11.6. The fourth-order valence-electron chi connectivity index (χ4n) is 1.84. The third kappa shape index (κ3) is 2.37. The van der Waals surface area contributed by atoms with Gasteiger partial charge in [0.2, 0.25) is 0 Å². The van der Waals surface area contributed by atoms with Crippen LogP contribution in [0.2, 0.25) is 5.15 Å². The molecule has 6 heteroatoms. The Morgan fingerprint density at radius 1 is 1.17 bits per heavy atom. The molecule has 18 heavy (non-hydrogen) atoms. The fourth-order valence-corrected chi connectivity index (χ4v) is 2.73. The summed E-state index contributed by atoms with van der Waals surface area (Å²) in [6.07, 6.45) is 2.95. The lowest BCUT2D eigenvalue weighted by molar-refractivity contribution is 0.736. The van der Waals surface area contributed by atoms with Crippen LogP contribution < -0.4 is 0 Å². The number of halogens is 1. The zero-order valence-corrected chi connectivity index (χ0v) is 11.2. The molecule has 0 fully saturated rings. The Morgan fingerprint density at radius 2 is 2.11 bits per heavy atom. The third-order valence-electron chi connectivity index (χ3n) is 2.70. The van der Waals surface area contributed by atoms with Gasteiger partial charge in [-0.05, 0) is 36.4 Å². The molecule has 3 aromatic rings. The molecule has 92 valence electrons. The molecule has 0 radical (unpaired) electrons. The summed E-state index contributed by atoms with van der Waals surface area (Å²) in [5, 5.41) is 15.0. The second-order valence-electron chi connectivity index (χ2n) is 3.98. The molecule has 0 spiro atoms. The normalized spacial score (nSPS) is 11.2. The summed E-state index contributed by atoms with van der Waals surface area (Å²) in [6, 6.07) is 7.78. The number of thiophene rings is 1. The minimum absolute atomic E-state index is 0.460. The Bertz CT molecular complexity index is 647. The van der Waals surface area contributed by atoms with Gasteiger partial charge >= 0.3 is 0 Å². The van der Waals surface area contributed by atoms with Crippen LogP contribution >= 0.6 is 22.9 Å². The van der Waals surface area contributed by atoms with E-state index < -0.39 is 0 Å². The van der Waals surface area contributed by atoms with E-state index in [0.29, 0.717) is 5.15 Å². The maximum atomic E-state index is 5.88. The van der Waals surface area contributed by atoms with Gasteiger partial charge in [0, 0.05) is 11.3 Å². The summed E-state index contributed by atoms with van der Waals surface area (Å²) >= 11 is 7.66. The number of aryl methyl sites for hydroxylation is 2. The Labute approximate surface area is 113 Å². The van der Waals surface area contributed by atoms with E-state index in [1.807, 2.05) is 6.07 Å². The van der Waals surface area contributed by atoms with Crippen LogP contribution in [0.1, 0.15) is 17.1 Å². The van der Waals surface area contributed by atoms with Gasteiger partial charge < -0.3 is 0 Å². The molecular formula is C12H11ClN4S. The van der Waals surface area contributed by atoms with Gasteiger partial charge in [-0.15, -0.1) is 21.5 Å². The highest BCUT2D eigenvalue weighted by molar-refractivity contribution is 7.09. The topological polar surface area (TPSA) is 43.1 Å². The second kappa shape index (κ2) is 5.04. The number of aromatic nitrogens is 4. The molecule has 0 saturated carbocycles. The third-order valence-corrected chi connectivity index (χ3v) is 3.84. The molecule has 0 saturated heterocycles. The standard InChI is InChI=1S/C12H11ClN4S/c13-10-6-7-12-15-14-11(17(12)16-10)5-1-3-9-4-2-8-18-9/h2,4,6-8H,1,3,5H2. The summed E-state index contributed by atoms with van der Waals surface area (Å²) in [6.45, 7) is 0. The first-order valence-corrected chi connectivity index (χ1v) is 6.98. The molecule has 0 atom stereocenters. The van der Waals surface area contributed by atoms with Crippen molar-refractivity contribution in [2.75, 3.05) is 0 Å². The molecule has 0 N–H and O–H groups in total. The van der Waals surface area contributed by atoms with E-state index in [2.05, 4.69) is 32.8 Å². The summed E-state index contributed by atoms with van der Waals surface area (Å²) in [7, 11) is 0. The van der Waals surface area contributed by atoms with Crippen molar-refractivity contribution in [3.8, 4) is 0 Å². The lowest BCUT2D eigenvalue weighted by Crippen LogP contribution is -1.99. The van der Waals surface area contributed by atoms with Crippen LogP contribution in [-0.4, -0.2) is 19.8 Å². The molecule has 3 aromatic heterocycles. The van der Waals surface area contributed by atoms with Crippen LogP contribution in [0.15, 0.2) is 29.6 Å². The summed E-state index contributed by atoms with van der Waals surface area (Å²) < 4.78 is 1.72. The maximum absolute atomic E-state index is 5.88. The first-order chi connectivity index (χ1) is 8.83. The predicted octanol–water partition coefficient (Wildman–Crippen LogP) is 3.01. The first-order valence-electron chi connectivity index (χ1n) is 5.72. The molecule has 3 rings (SSSR count). The average Bonchev–Trinajstić information content (AvgIpc) is 2.99. The van der Waals surface area contributed by atoms with Gasteiger partial charge in [0.15, 0.2) is 11.5 Å². The minimum Gasteiger partial charge on any atom is -0.196 e. The van der Waals surface area contributed by atoms with E-state index in [-0.39, 0.29) is 0 Å². The second-order valence-corrected chi connectivity index (χ2v) is 5.39. The van der Waals surface area contributed by atoms with Crippen molar-refractivity contribution >= 4 is 28.6 Å². The average molecular weight is 279 g/mol. The van der Waals surface area contributed by atoms with Crippen molar-refractivity contribution in [1.82, 2.24) is 19.8 Å². The van der Waals surface area contributed by atoms with Crippen molar-refractivity contribution in [1.29, 1.82) is 0 Å². The van der Waals surface area contributed by atoms with Crippen LogP contribution in [0.3, 0.4) is 0 Å². The number of hydrogen-bond acceptors (Lipinski definition) is 4. The zero-order chi connectivity index (χ0) is 12.4. The summed E-state index contributed by atoms with van der Waals surface area (Å²) in [4.78, 5) is 1.40. The Hall–Kier alpha value is -1.46. The minimum atomic E-state index is 0.460. The number of hydrogen-bond donors (Lipinski definition) is 0. The van der Waals surface area contributed by atoms with Gasteiger partial charge in [0.25, 0.3) is 0 Å². The molecule has 0 bridgehead atoms. The molecule has 0 aliphatic heterocycles. The van der Waals surface area contributed by atoms with E-state index in [4.69, 9.17) is 11.6 Å². The highest BCUT2D eigenvalue weighted by Crippen LogP contribution is 2.13. The number of nitrogens with zero attached hydrogens (tertiary/aromatic N) is 4. The molecule has 0 aliphatic rings. The Balaban J connectivity index is 1.72. The molecule has 0 aromatic carbocycles. The molecule has 4 nitrogen and oxygen atoms in total. The van der Waals surface area contributed by atoms with Crippen LogP contribution in [0.5, 0.6) is 0 Å². The van der Waals surface area contributed by atoms with Gasteiger partial charge in [0.1, 0.15) is 5.15 Å². The fraction of sp³-hybridized carbons (Fsp3) is 0.250. The van der Waals surface area contributed by atoms with Crippen LogP contribution in [0.4, 0.5) is 0 Å². The SMILES string of the molecule is Clc1ccc2nnc(CCCc3cccs3)n2n1. The molecule has 3 heterocycles. The molecular weight excluding hydrogens is 268 g/mol. The predicted molar refractivity (Wildman–Crippen MR) is 72.1 cm³/mol. The lowest BCUT2D eigenvalue weighted by Gasteiger charge is -1.99. The maximum Gasteiger partial charge on any atom is 0.178 e. The zero-order valence-electron chi connectivity index (χ0n) is 9.58. The smallest absolute Gasteiger partial charge is 0.178 e. The van der Waals surface area contributed by atoms with Crippen molar-refractivity contribution in [3.05, 3.63) is 45.5 Å². The summed E-state index contributed by atoms with van der Waals surface area (Å²) in [5.74, 6) is 0.865. The van der Waals surface area contributed by atoms with Crippen LogP contribution in [0, 0.1) is 0 Å². The Kier molecular flexibility index (Phi) is 3.25. The number of fused-ring (bicyclic) bond motifs is 1. The van der Waals surface area contributed by atoms with Crippen molar-refractivity contribution in [2.45, 2.75) is 19.3 Å². The molecule has 0 unspecified atom stereocenters. The lowest BCUT2D eigenvalue weighted by atomic mass is 10.2. The van der Waals surface area contributed by atoms with Gasteiger partial charge in [-0.2, -0.15) is 9.61 Å². The largest absolute Gasteiger partial charge is 0.196 e. The van der Waals surface area contributed by atoms with E-state index >= 15 is 0 Å². The van der Waals surface area contributed by atoms with E-state index in [1.165, 1.54) is 4.88 Å². The van der Waals surface area contributed by atoms with E-state index in [0.717, 1.165) is 30.7 Å². The molecule has 0 aliphatic carbocycles. The molecule has 0 amide bonds. The van der Waals surface area contributed by atoms with Crippen molar-refractivity contribution < 1.29 is 0 Å². The van der Waals surface area contributed by atoms with Crippen LogP contribution in [0.25, 0.3) is 5.65 Å².